The van der Waals surface area contributed by atoms with Gasteiger partial charge in [-0.2, -0.15) is 0 Å². The fourth-order valence-electron chi connectivity index (χ4n) is 2.03. The first-order valence-electron chi connectivity index (χ1n) is 7.54. The Morgan fingerprint density at radius 1 is 0.526 bits per heavy atom. The molecule has 5 heteroatoms. The molecule has 0 radical (unpaired) electrons. The van der Waals surface area contributed by atoms with Crippen molar-refractivity contribution in [2.45, 2.75) is 64.2 Å². The molecule has 0 heterocycles. The van der Waals surface area contributed by atoms with Crippen LogP contribution < -0.4 is 0 Å². The number of sulfone groups is 1. The first-order chi connectivity index (χ1) is 9.12. The average molecular weight is 294 g/mol. The fraction of sp³-hybridized carbons (Fsp3) is 1.00. The van der Waals surface area contributed by atoms with Crippen LogP contribution in [0.5, 0.6) is 0 Å². The van der Waals surface area contributed by atoms with Gasteiger partial charge in [-0.15, -0.1) is 0 Å². The van der Waals surface area contributed by atoms with Crippen LogP contribution >= 0.6 is 0 Å². The van der Waals surface area contributed by atoms with E-state index < -0.39 is 9.84 Å². The van der Waals surface area contributed by atoms with Gasteiger partial charge in [0.1, 0.15) is 9.84 Å². The van der Waals surface area contributed by atoms with Crippen LogP contribution in [-0.4, -0.2) is 43.4 Å². The number of rotatable bonds is 14. The van der Waals surface area contributed by atoms with Crippen molar-refractivity contribution in [3.05, 3.63) is 0 Å². The molecule has 0 amide bonds. The number of aliphatic hydroxyl groups excluding tert-OH is 2. The summed E-state index contributed by atoms with van der Waals surface area (Å²) in [7, 11) is -2.87. The van der Waals surface area contributed by atoms with Gasteiger partial charge in [-0.1, -0.05) is 38.5 Å². The smallest absolute Gasteiger partial charge is 0.150 e. The second kappa shape index (κ2) is 12.9. The summed E-state index contributed by atoms with van der Waals surface area (Å²) in [6, 6.07) is 0. The maximum absolute atomic E-state index is 11.7. The number of hydrogen-bond donors (Lipinski definition) is 2. The van der Waals surface area contributed by atoms with Crippen molar-refractivity contribution in [2.75, 3.05) is 24.7 Å². The predicted molar refractivity (Wildman–Crippen MR) is 79.0 cm³/mol. The fourth-order valence-corrected chi connectivity index (χ4v) is 3.52. The quantitative estimate of drug-likeness (QED) is 0.482. The van der Waals surface area contributed by atoms with Crippen LogP contribution in [0.15, 0.2) is 0 Å². The highest BCUT2D eigenvalue weighted by Gasteiger charge is 2.09. The highest BCUT2D eigenvalue weighted by molar-refractivity contribution is 7.91. The second-order valence-corrected chi connectivity index (χ2v) is 7.44. The molecule has 0 saturated carbocycles. The van der Waals surface area contributed by atoms with Crippen LogP contribution in [0.1, 0.15) is 64.2 Å². The van der Waals surface area contributed by atoms with Crippen LogP contribution in [-0.2, 0) is 9.84 Å². The molecule has 0 aromatic rings. The summed E-state index contributed by atoms with van der Waals surface area (Å²) in [4.78, 5) is 0. The molecule has 0 bridgehead atoms. The zero-order valence-electron chi connectivity index (χ0n) is 12.0. The zero-order chi connectivity index (χ0) is 14.4. The molecule has 116 valence electrons. The van der Waals surface area contributed by atoms with E-state index in [0.29, 0.717) is 11.5 Å². The van der Waals surface area contributed by atoms with Crippen LogP contribution in [0, 0.1) is 0 Å². The van der Waals surface area contributed by atoms with E-state index in [1.165, 1.54) is 0 Å². The molecule has 0 aromatic heterocycles. The molecular formula is C14H30O4S. The highest BCUT2D eigenvalue weighted by Crippen LogP contribution is 2.08. The Morgan fingerprint density at radius 2 is 0.842 bits per heavy atom. The van der Waals surface area contributed by atoms with E-state index in [1.807, 2.05) is 0 Å². The Kier molecular flexibility index (Phi) is 12.8. The minimum absolute atomic E-state index is 0.231. The lowest BCUT2D eigenvalue weighted by atomic mass is 10.2. The van der Waals surface area contributed by atoms with Gasteiger partial charge in [-0.25, -0.2) is 8.42 Å². The third-order valence-corrected chi connectivity index (χ3v) is 5.05. The van der Waals surface area contributed by atoms with Crippen LogP contribution in [0.4, 0.5) is 0 Å². The van der Waals surface area contributed by atoms with E-state index in [4.69, 9.17) is 10.2 Å². The highest BCUT2D eigenvalue weighted by atomic mass is 32.2. The van der Waals surface area contributed by atoms with Gasteiger partial charge in [0, 0.05) is 13.2 Å². The van der Waals surface area contributed by atoms with E-state index in [1.54, 1.807) is 0 Å². The molecule has 4 nitrogen and oxygen atoms in total. The third kappa shape index (κ3) is 14.1. The second-order valence-electron chi connectivity index (χ2n) is 5.13. The minimum Gasteiger partial charge on any atom is -0.396 e. The van der Waals surface area contributed by atoms with E-state index in [0.717, 1.165) is 64.2 Å². The Balaban J connectivity index is 3.42. The largest absolute Gasteiger partial charge is 0.396 e. The van der Waals surface area contributed by atoms with E-state index in [-0.39, 0.29) is 13.2 Å². The predicted octanol–water partition coefficient (Wildman–Crippen LogP) is 2.29. The standard InChI is InChI=1S/C14H30O4S/c15-11-7-3-1-5-9-13-19(17,18)14-10-6-2-4-8-12-16/h15-16H,1-14H2. The Labute approximate surface area is 118 Å². The molecule has 0 spiro atoms. The monoisotopic (exact) mass is 294 g/mol. The molecule has 2 N–H and O–H groups in total. The molecule has 0 aromatic carbocycles. The van der Waals surface area contributed by atoms with Gasteiger partial charge in [0.15, 0.2) is 0 Å². The lowest BCUT2D eigenvalue weighted by Gasteiger charge is -2.04. The van der Waals surface area contributed by atoms with Gasteiger partial charge < -0.3 is 10.2 Å². The summed E-state index contributed by atoms with van der Waals surface area (Å²) in [6.07, 6.45) is 9.01. The Morgan fingerprint density at radius 3 is 1.21 bits per heavy atom. The van der Waals surface area contributed by atoms with Gasteiger partial charge in [-0.05, 0) is 25.7 Å². The molecule has 0 aliphatic heterocycles. The number of hydrogen-bond acceptors (Lipinski definition) is 4. The summed E-state index contributed by atoms with van der Waals surface area (Å²) in [5.74, 6) is 0.617. The maximum atomic E-state index is 11.7. The molecule has 19 heavy (non-hydrogen) atoms. The van der Waals surface area contributed by atoms with Crippen LogP contribution in [0.2, 0.25) is 0 Å². The SMILES string of the molecule is O=S(=O)(CCCCCCCO)CCCCCCCO. The number of unbranched alkanes of at least 4 members (excludes halogenated alkanes) is 8. The van der Waals surface area contributed by atoms with Gasteiger partial charge in [-0.3, -0.25) is 0 Å². The van der Waals surface area contributed by atoms with Crippen molar-refractivity contribution < 1.29 is 18.6 Å². The summed E-state index contributed by atoms with van der Waals surface area (Å²) in [6.45, 7) is 0.461. The van der Waals surface area contributed by atoms with E-state index >= 15 is 0 Å². The Bertz CT molecular complexity index is 253. The first-order valence-corrected chi connectivity index (χ1v) is 9.36. The van der Waals surface area contributed by atoms with Gasteiger partial charge >= 0.3 is 0 Å². The maximum Gasteiger partial charge on any atom is 0.150 e. The zero-order valence-corrected chi connectivity index (χ0v) is 12.8. The molecule has 0 saturated heterocycles. The molecule has 0 rings (SSSR count). The van der Waals surface area contributed by atoms with Crippen molar-refractivity contribution in [1.82, 2.24) is 0 Å². The van der Waals surface area contributed by atoms with E-state index in [2.05, 4.69) is 0 Å². The van der Waals surface area contributed by atoms with Crippen molar-refractivity contribution in [2.24, 2.45) is 0 Å². The average Bonchev–Trinajstić information content (AvgIpc) is 2.38. The molecule has 0 fully saturated rings. The third-order valence-electron chi connectivity index (χ3n) is 3.23. The van der Waals surface area contributed by atoms with Gasteiger partial charge in [0.25, 0.3) is 0 Å². The van der Waals surface area contributed by atoms with Crippen LogP contribution in [0.25, 0.3) is 0 Å². The molecule has 0 unspecified atom stereocenters. The lowest BCUT2D eigenvalue weighted by Crippen LogP contribution is -2.11. The number of aliphatic hydroxyl groups is 2. The van der Waals surface area contributed by atoms with E-state index in [9.17, 15) is 8.42 Å². The van der Waals surface area contributed by atoms with Crippen molar-refractivity contribution in [1.29, 1.82) is 0 Å². The summed E-state index contributed by atoms with van der Waals surface area (Å²) < 4.78 is 23.5. The molecular weight excluding hydrogens is 264 g/mol. The normalized spacial score (nSPS) is 11.9. The minimum atomic E-state index is -2.87. The van der Waals surface area contributed by atoms with Crippen molar-refractivity contribution in [3.63, 3.8) is 0 Å². The lowest BCUT2D eigenvalue weighted by molar-refractivity contribution is 0.282. The molecule has 0 aliphatic carbocycles. The summed E-state index contributed by atoms with van der Waals surface area (Å²) in [5, 5.41) is 17.2. The molecule has 0 atom stereocenters. The molecule has 0 aliphatic rings. The van der Waals surface area contributed by atoms with Crippen molar-refractivity contribution >= 4 is 9.84 Å². The van der Waals surface area contributed by atoms with Crippen molar-refractivity contribution in [3.8, 4) is 0 Å². The van der Waals surface area contributed by atoms with Gasteiger partial charge in [0.2, 0.25) is 0 Å². The van der Waals surface area contributed by atoms with Gasteiger partial charge in [0.05, 0.1) is 11.5 Å². The summed E-state index contributed by atoms with van der Waals surface area (Å²) >= 11 is 0. The summed E-state index contributed by atoms with van der Waals surface area (Å²) in [5.41, 5.74) is 0. The Hall–Kier alpha value is -0.130. The first kappa shape index (κ1) is 18.9. The topological polar surface area (TPSA) is 74.6 Å². The van der Waals surface area contributed by atoms with Crippen LogP contribution in [0.3, 0.4) is 0 Å².